The van der Waals surface area contributed by atoms with E-state index in [0.29, 0.717) is 37.6 Å². The van der Waals surface area contributed by atoms with E-state index < -0.39 is 12.0 Å². The number of aliphatic carboxylic acids is 1. The Morgan fingerprint density at radius 2 is 2.00 bits per heavy atom. The maximum Gasteiger partial charge on any atom is 0.326 e. The van der Waals surface area contributed by atoms with Crippen LogP contribution in [0.4, 0.5) is 0 Å². The highest BCUT2D eigenvalue weighted by Crippen LogP contribution is 2.10. The van der Waals surface area contributed by atoms with Crippen molar-refractivity contribution in [2.75, 3.05) is 24.7 Å². The quantitative estimate of drug-likeness (QED) is 0.311. The minimum atomic E-state index is -1.02. The smallest absolute Gasteiger partial charge is 0.326 e. The first-order valence-electron chi connectivity index (χ1n) is 5.89. The van der Waals surface area contributed by atoms with Crippen LogP contribution in [0.1, 0.15) is 20.3 Å². The number of hydrogen-bond donors (Lipinski definition) is 2. The normalized spacial score (nSPS) is 12.4. The first-order chi connectivity index (χ1) is 8.65. The molecule has 0 saturated carbocycles. The van der Waals surface area contributed by atoms with Crippen LogP contribution in [0.15, 0.2) is 0 Å². The monoisotopic (exact) mass is 279 g/mol. The van der Waals surface area contributed by atoms with E-state index in [4.69, 9.17) is 14.6 Å². The van der Waals surface area contributed by atoms with Crippen LogP contribution in [-0.2, 0) is 19.1 Å². The number of carbonyl (C=O) groups is 2. The molecule has 6 nitrogen and oxygen atoms in total. The summed E-state index contributed by atoms with van der Waals surface area (Å²) in [5, 5.41) is 11.1. The molecule has 0 saturated heterocycles. The lowest BCUT2D eigenvalue weighted by molar-refractivity contribution is -0.140. The third kappa shape index (κ3) is 8.32. The first-order valence-corrected chi connectivity index (χ1v) is 7.04. The fraction of sp³-hybridized carbons (Fsp3) is 0.818. The molecule has 0 aromatic heterocycles. The topological polar surface area (TPSA) is 84.9 Å². The zero-order valence-electron chi connectivity index (χ0n) is 10.8. The Bertz CT molecular complexity index is 233. The van der Waals surface area contributed by atoms with Gasteiger partial charge in [0.1, 0.15) is 6.04 Å². The van der Waals surface area contributed by atoms with Gasteiger partial charge in [0.15, 0.2) is 6.29 Å². The van der Waals surface area contributed by atoms with Crippen molar-refractivity contribution in [3.05, 3.63) is 0 Å². The minimum Gasteiger partial charge on any atom is -0.480 e. The van der Waals surface area contributed by atoms with Crippen molar-refractivity contribution in [1.29, 1.82) is 0 Å². The predicted molar refractivity (Wildman–Crippen MR) is 69.6 cm³/mol. The summed E-state index contributed by atoms with van der Waals surface area (Å²) in [5.41, 5.74) is 0. The van der Waals surface area contributed by atoms with Crippen molar-refractivity contribution in [2.24, 2.45) is 0 Å². The highest BCUT2D eigenvalue weighted by Gasteiger charge is 2.16. The van der Waals surface area contributed by atoms with Gasteiger partial charge in [-0.15, -0.1) is 0 Å². The molecule has 0 aromatic rings. The summed E-state index contributed by atoms with van der Waals surface area (Å²) in [7, 11) is 0. The van der Waals surface area contributed by atoms with Crippen molar-refractivity contribution in [3.8, 4) is 0 Å². The number of ether oxygens (including phenoxy) is 2. The second-order valence-corrected chi connectivity index (χ2v) is 4.53. The van der Waals surface area contributed by atoms with E-state index in [9.17, 15) is 9.59 Å². The molecule has 0 heterocycles. The Hall–Kier alpha value is -0.790. The summed E-state index contributed by atoms with van der Waals surface area (Å²) in [6.07, 6.45) is 0.531. The Morgan fingerprint density at radius 3 is 2.44 bits per heavy atom. The Labute approximate surface area is 111 Å². The molecule has 0 aliphatic heterocycles. The average molecular weight is 279 g/mol. The third-order valence-electron chi connectivity index (χ3n) is 2.08. The minimum absolute atomic E-state index is 0.257. The van der Waals surface area contributed by atoms with E-state index in [2.05, 4.69) is 5.32 Å². The molecule has 0 radical (unpaired) electrons. The molecule has 7 heteroatoms. The average Bonchev–Trinajstić information content (AvgIpc) is 2.33. The third-order valence-corrected chi connectivity index (χ3v) is 3.11. The highest BCUT2D eigenvalue weighted by atomic mass is 32.2. The van der Waals surface area contributed by atoms with Gasteiger partial charge in [0.05, 0.1) is 0 Å². The Morgan fingerprint density at radius 1 is 1.39 bits per heavy atom. The van der Waals surface area contributed by atoms with Crippen LogP contribution in [0.2, 0.25) is 0 Å². The summed E-state index contributed by atoms with van der Waals surface area (Å²) in [5.74, 6) is 0.248. The Balaban J connectivity index is 3.79. The molecule has 0 aliphatic rings. The molecule has 0 spiro atoms. The molecule has 0 aliphatic carbocycles. The lowest BCUT2D eigenvalue weighted by Gasteiger charge is -2.17. The lowest BCUT2D eigenvalue weighted by Crippen LogP contribution is -2.36. The second kappa shape index (κ2) is 11.3. The number of thioether (sulfide) groups is 1. The number of carbonyl (C=O) groups excluding carboxylic acids is 1. The fourth-order valence-electron chi connectivity index (χ4n) is 1.26. The number of carboxylic acids is 1. The molecule has 1 atom stereocenters. The van der Waals surface area contributed by atoms with Gasteiger partial charge in [0.25, 0.3) is 0 Å². The molecule has 1 amide bonds. The second-order valence-electron chi connectivity index (χ2n) is 3.38. The maximum atomic E-state index is 10.7. The van der Waals surface area contributed by atoms with Gasteiger partial charge in [0.2, 0.25) is 6.41 Å². The first kappa shape index (κ1) is 17.2. The van der Waals surface area contributed by atoms with Gasteiger partial charge in [-0.2, -0.15) is 11.8 Å². The number of rotatable bonds is 12. The van der Waals surface area contributed by atoms with Crippen molar-refractivity contribution < 1.29 is 24.2 Å². The largest absolute Gasteiger partial charge is 0.480 e. The van der Waals surface area contributed by atoms with Crippen LogP contribution in [0.3, 0.4) is 0 Å². The van der Waals surface area contributed by atoms with E-state index >= 15 is 0 Å². The molecule has 18 heavy (non-hydrogen) atoms. The van der Waals surface area contributed by atoms with Gasteiger partial charge in [-0.3, -0.25) is 4.79 Å². The van der Waals surface area contributed by atoms with Crippen molar-refractivity contribution >= 4 is 24.1 Å². The van der Waals surface area contributed by atoms with Gasteiger partial charge in [-0.1, -0.05) is 0 Å². The molecule has 1 unspecified atom stereocenters. The molecule has 0 rings (SSSR count). The van der Waals surface area contributed by atoms with Gasteiger partial charge >= 0.3 is 5.97 Å². The molecule has 2 N–H and O–H groups in total. The van der Waals surface area contributed by atoms with Crippen LogP contribution in [0, 0.1) is 0 Å². The summed E-state index contributed by atoms with van der Waals surface area (Å²) in [4.78, 5) is 21.0. The van der Waals surface area contributed by atoms with Crippen LogP contribution in [-0.4, -0.2) is 54.5 Å². The number of nitrogens with one attached hydrogen (secondary N) is 1. The zero-order chi connectivity index (χ0) is 13.8. The van der Waals surface area contributed by atoms with E-state index in [1.165, 1.54) is 0 Å². The maximum absolute atomic E-state index is 10.7. The molecule has 106 valence electrons. The van der Waals surface area contributed by atoms with E-state index in [1.807, 2.05) is 13.8 Å². The van der Waals surface area contributed by atoms with Crippen molar-refractivity contribution in [1.82, 2.24) is 5.32 Å². The summed E-state index contributed by atoms with van der Waals surface area (Å²) in [6, 6.07) is -0.826. The summed E-state index contributed by atoms with van der Waals surface area (Å²) in [6.45, 7) is 4.95. The van der Waals surface area contributed by atoms with Gasteiger partial charge in [0, 0.05) is 19.0 Å². The van der Waals surface area contributed by atoms with E-state index in [0.717, 1.165) is 0 Å². The van der Waals surface area contributed by atoms with Crippen LogP contribution < -0.4 is 5.32 Å². The van der Waals surface area contributed by atoms with Crippen LogP contribution in [0.5, 0.6) is 0 Å². The van der Waals surface area contributed by atoms with E-state index in [1.54, 1.807) is 11.8 Å². The summed E-state index contributed by atoms with van der Waals surface area (Å²) >= 11 is 1.54. The molecule has 0 aromatic carbocycles. The number of amides is 1. The predicted octanol–water partition coefficient (Wildman–Crippen LogP) is 0.708. The number of hydrogen-bond acceptors (Lipinski definition) is 5. The van der Waals surface area contributed by atoms with Crippen LogP contribution in [0.25, 0.3) is 0 Å². The van der Waals surface area contributed by atoms with Gasteiger partial charge in [-0.05, 0) is 26.0 Å². The highest BCUT2D eigenvalue weighted by molar-refractivity contribution is 7.99. The summed E-state index contributed by atoms with van der Waals surface area (Å²) < 4.78 is 10.7. The SMILES string of the molecule is CCOC(CSCCC(NC=O)C(=O)O)OCC. The molecular weight excluding hydrogens is 258 g/mol. The van der Waals surface area contributed by atoms with Crippen molar-refractivity contribution in [3.63, 3.8) is 0 Å². The van der Waals surface area contributed by atoms with Gasteiger partial charge in [-0.25, -0.2) is 4.79 Å². The fourth-order valence-corrected chi connectivity index (χ4v) is 2.21. The standard InChI is InChI=1S/C11H21NO5S/c1-3-16-10(17-4-2)7-18-6-5-9(11(14)15)12-8-13/h8-10H,3-7H2,1-2H3,(H,12,13)(H,14,15). The molecule has 0 bridgehead atoms. The van der Waals surface area contributed by atoms with E-state index in [-0.39, 0.29) is 6.29 Å². The Kier molecular flexibility index (Phi) is 10.8. The van der Waals surface area contributed by atoms with Crippen molar-refractivity contribution in [2.45, 2.75) is 32.6 Å². The van der Waals surface area contributed by atoms with Gasteiger partial charge < -0.3 is 19.9 Å². The van der Waals surface area contributed by atoms with Crippen LogP contribution >= 0.6 is 11.8 Å². The lowest BCUT2D eigenvalue weighted by atomic mass is 10.2. The number of carboxylic acid groups (broad SMARTS) is 1. The zero-order valence-corrected chi connectivity index (χ0v) is 11.6. The molecule has 0 fully saturated rings. The molecular formula is C11H21NO5S.